The highest BCUT2D eigenvalue weighted by Gasteiger charge is 2.30. The van der Waals surface area contributed by atoms with Crippen LogP contribution in [0.15, 0.2) is 57.6 Å². The molecule has 1 aromatic heterocycles. The molecule has 132 valence electrons. The summed E-state index contributed by atoms with van der Waals surface area (Å²) >= 11 is 7.06. The predicted molar refractivity (Wildman–Crippen MR) is 110 cm³/mol. The number of para-hydroxylation sites is 1. The maximum absolute atomic E-state index is 12.9. The molecule has 0 fully saturated rings. The minimum absolute atomic E-state index is 0.0371. The van der Waals surface area contributed by atoms with E-state index in [1.807, 2.05) is 41.3 Å². The van der Waals surface area contributed by atoms with Crippen LogP contribution < -0.4 is 9.64 Å². The molecule has 1 atom stereocenters. The maximum Gasteiger partial charge on any atom is 0.265 e. The van der Waals surface area contributed by atoms with Gasteiger partial charge in [-0.3, -0.25) is 9.78 Å². The third-order valence-electron chi connectivity index (χ3n) is 4.57. The standard InChI is InChI=1S/C20H16Br2N2O2/c1-12-9-13-5-2-3-7-17(13)24(12)18(25)11-26-20-16(22)10-15(21)14-6-4-8-23-19(14)20/h2-8,10,12H,9,11H2,1H3/t12-/m1/s1. The zero-order valence-electron chi connectivity index (χ0n) is 14.1. The lowest BCUT2D eigenvalue weighted by atomic mass is 10.1. The minimum atomic E-state index is -0.0543. The molecule has 4 rings (SSSR count). The maximum atomic E-state index is 12.9. The van der Waals surface area contributed by atoms with Gasteiger partial charge in [-0.15, -0.1) is 0 Å². The quantitative estimate of drug-likeness (QED) is 0.528. The largest absolute Gasteiger partial charge is 0.480 e. The summed E-state index contributed by atoms with van der Waals surface area (Å²) in [4.78, 5) is 19.1. The molecule has 26 heavy (non-hydrogen) atoms. The first kappa shape index (κ1) is 17.5. The summed E-state index contributed by atoms with van der Waals surface area (Å²) in [5, 5.41) is 0.943. The van der Waals surface area contributed by atoms with Crippen LogP contribution in [-0.4, -0.2) is 23.5 Å². The number of nitrogens with zero attached hydrogens (tertiary/aromatic N) is 2. The highest BCUT2D eigenvalue weighted by molar-refractivity contribution is 9.11. The van der Waals surface area contributed by atoms with Gasteiger partial charge in [0.25, 0.3) is 5.91 Å². The van der Waals surface area contributed by atoms with Crippen molar-refractivity contribution in [3.8, 4) is 5.75 Å². The Morgan fingerprint density at radius 1 is 1.23 bits per heavy atom. The Kier molecular flexibility index (Phi) is 4.71. The number of carbonyl (C=O) groups excluding carboxylic acids is 1. The van der Waals surface area contributed by atoms with E-state index in [2.05, 4.69) is 49.8 Å². The number of aromatic nitrogens is 1. The van der Waals surface area contributed by atoms with E-state index in [-0.39, 0.29) is 18.6 Å². The fraction of sp³-hybridized carbons (Fsp3) is 0.200. The number of rotatable bonds is 3. The van der Waals surface area contributed by atoms with Gasteiger partial charge < -0.3 is 9.64 Å². The van der Waals surface area contributed by atoms with Gasteiger partial charge in [0.2, 0.25) is 0 Å². The lowest BCUT2D eigenvalue weighted by molar-refractivity contribution is -0.120. The number of fused-ring (bicyclic) bond motifs is 2. The summed E-state index contributed by atoms with van der Waals surface area (Å²) in [7, 11) is 0. The van der Waals surface area contributed by atoms with E-state index in [1.165, 1.54) is 5.56 Å². The average Bonchev–Trinajstić information content (AvgIpc) is 2.97. The van der Waals surface area contributed by atoms with Crippen LogP contribution >= 0.6 is 31.9 Å². The number of hydrogen-bond donors (Lipinski definition) is 0. The molecule has 3 aromatic rings. The molecule has 1 aliphatic heterocycles. The monoisotopic (exact) mass is 474 g/mol. The van der Waals surface area contributed by atoms with Gasteiger partial charge in [-0.05, 0) is 53.0 Å². The number of anilines is 1. The van der Waals surface area contributed by atoms with Crippen LogP contribution in [0, 0.1) is 0 Å². The van der Waals surface area contributed by atoms with Crippen LogP contribution in [0.1, 0.15) is 12.5 Å². The van der Waals surface area contributed by atoms with E-state index in [4.69, 9.17) is 4.74 Å². The summed E-state index contributed by atoms with van der Waals surface area (Å²) < 4.78 is 7.61. The van der Waals surface area contributed by atoms with Crippen molar-refractivity contribution in [3.05, 3.63) is 63.2 Å². The molecule has 0 bridgehead atoms. The molecule has 1 amide bonds. The number of amides is 1. The second-order valence-electron chi connectivity index (χ2n) is 6.30. The second kappa shape index (κ2) is 7.00. The van der Waals surface area contributed by atoms with Crippen molar-refractivity contribution >= 4 is 54.4 Å². The van der Waals surface area contributed by atoms with Crippen molar-refractivity contribution in [3.63, 3.8) is 0 Å². The van der Waals surface area contributed by atoms with Crippen LogP contribution in [0.25, 0.3) is 10.9 Å². The lowest BCUT2D eigenvalue weighted by Gasteiger charge is -2.23. The van der Waals surface area contributed by atoms with Crippen LogP contribution in [0.3, 0.4) is 0 Å². The van der Waals surface area contributed by atoms with Gasteiger partial charge in [0.1, 0.15) is 5.52 Å². The molecule has 2 heterocycles. The Morgan fingerprint density at radius 2 is 2.04 bits per heavy atom. The number of hydrogen-bond acceptors (Lipinski definition) is 3. The molecule has 1 aliphatic rings. The first-order valence-electron chi connectivity index (χ1n) is 8.31. The average molecular weight is 476 g/mol. The summed E-state index contributed by atoms with van der Waals surface area (Å²) in [5.74, 6) is 0.527. The fourth-order valence-electron chi connectivity index (χ4n) is 3.43. The van der Waals surface area contributed by atoms with E-state index in [0.29, 0.717) is 5.75 Å². The highest BCUT2D eigenvalue weighted by Crippen LogP contribution is 2.37. The second-order valence-corrected chi connectivity index (χ2v) is 8.01. The molecule has 0 unspecified atom stereocenters. The molecule has 0 N–H and O–H groups in total. The molecular weight excluding hydrogens is 460 g/mol. The number of benzene rings is 2. The van der Waals surface area contributed by atoms with Crippen molar-refractivity contribution in [2.45, 2.75) is 19.4 Å². The van der Waals surface area contributed by atoms with Gasteiger partial charge in [-0.25, -0.2) is 0 Å². The molecule has 4 nitrogen and oxygen atoms in total. The van der Waals surface area contributed by atoms with E-state index in [1.54, 1.807) is 6.20 Å². The number of carbonyl (C=O) groups is 1. The lowest BCUT2D eigenvalue weighted by Crippen LogP contribution is -2.39. The van der Waals surface area contributed by atoms with Crippen molar-refractivity contribution < 1.29 is 9.53 Å². The molecule has 6 heteroatoms. The van der Waals surface area contributed by atoms with Crippen molar-refractivity contribution in [1.82, 2.24) is 4.98 Å². The van der Waals surface area contributed by atoms with Crippen molar-refractivity contribution in [2.24, 2.45) is 0 Å². The van der Waals surface area contributed by atoms with Gasteiger partial charge in [-0.1, -0.05) is 40.2 Å². The summed E-state index contributed by atoms with van der Waals surface area (Å²) in [6, 6.07) is 13.9. The topological polar surface area (TPSA) is 42.4 Å². The summed E-state index contributed by atoms with van der Waals surface area (Å²) in [6.45, 7) is 2.02. The first-order chi connectivity index (χ1) is 12.6. The molecule has 2 aromatic carbocycles. The third-order valence-corrected chi connectivity index (χ3v) is 5.81. The van der Waals surface area contributed by atoms with Crippen LogP contribution in [0.4, 0.5) is 5.69 Å². The summed E-state index contributed by atoms with van der Waals surface area (Å²) in [6.07, 6.45) is 2.59. The normalized spacial score (nSPS) is 16.0. The predicted octanol–water partition coefficient (Wildman–Crippen LogP) is 5.12. The Balaban J connectivity index is 1.61. The van der Waals surface area contributed by atoms with Gasteiger partial charge >= 0.3 is 0 Å². The van der Waals surface area contributed by atoms with E-state index >= 15 is 0 Å². The number of halogens is 2. The van der Waals surface area contributed by atoms with Crippen LogP contribution in [0.5, 0.6) is 5.75 Å². The molecule has 0 aliphatic carbocycles. The number of pyridine rings is 1. The van der Waals surface area contributed by atoms with Crippen LogP contribution in [-0.2, 0) is 11.2 Å². The smallest absolute Gasteiger partial charge is 0.265 e. The molecule has 0 saturated heterocycles. The van der Waals surface area contributed by atoms with Crippen LogP contribution in [0.2, 0.25) is 0 Å². The SMILES string of the molecule is C[C@@H]1Cc2ccccc2N1C(=O)COc1c(Br)cc(Br)c2cccnc12. The zero-order valence-corrected chi connectivity index (χ0v) is 17.2. The van der Waals surface area contributed by atoms with Gasteiger partial charge in [0.05, 0.1) is 4.47 Å². The Morgan fingerprint density at radius 3 is 2.88 bits per heavy atom. The zero-order chi connectivity index (χ0) is 18.3. The minimum Gasteiger partial charge on any atom is -0.480 e. The molecule has 0 saturated carbocycles. The number of ether oxygens (including phenoxy) is 1. The van der Waals surface area contributed by atoms with Crippen molar-refractivity contribution in [1.29, 1.82) is 0 Å². The van der Waals surface area contributed by atoms with E-state index < -0.39 is 0 Å². The van der Waals surface area contributed by atoms with E-state index in [0.717, 1.165) is 32.0 Å². The summed E-state index contributed by atoms with van der Waals surface area (Å²) in [5.41, 5.74) is 2.90. The Hall–Kier alpha value is -1.92. The van der Waals surface area contributed by atoms with Gasteiger partial charge in [0, 0.05) is 27.8 Å². The molecule has 0 spiro atoms. The highest BCUT2D eigenvalue weighted by atomic mass is 79.9. The molecular formula is C20H16Br2N2O2. The van der Waals surface area contributed by atoms with E-state index in [9.17, 15) is 4.79 Å². The van der Waals surface area contributed by atoms with Crippen molar-refractivity contribution in [2.75, 3.05) is 11.5 Å². The first-order valence-corrected chi connectivity index (χ1v) is 9.90. The van der Waals surface area contributed by atoms with Gasteiger partial charge in [-0.2, -0.15) is 0 Å². The van der Waals surface area contributed by atoms with Gasteiger partial charge in [0.15, 0.2) is 12.4 Å². The Labute approximate surface area is 168 Å². The third kappa shape index (κ3) is 3.01. The Bertz CT molecular complexity index is 1010. The molecule has 0 radical (unpaired) electrons. The fourth-order valence-corrected chi connectivity index (χ4v) is 4.82.